The summed E-state index contributed by atoms with van der Waals surface area (Å²) in [5.74, 6) is -0.204. The summed E-state index contributed by atoms with van der Waals surface area (Å²) in [7, 11) is 0. The maximum atomic E-state index is 12.1. The van der Waals surface area contributed by atoms with Crippen LogP contribution < -0.4 is 5.73 Å². The number of rotatable bonds is 2. The van der Waals surface area contributed by atoms with E-state index in [1.165, 1.54) is 0 Å². The Labute approximate surface area is 91.6 Å². The summed E-state index contributed by atoms with van der Waals surface area (Å²) < 4.78 is 0. The van der Waals surface area contributed by atoms with E-state index in [4.69, 9.17) is 11.0 Å². The zero-order valence-electron chi connectivity index (χ0n) is 10.0. The Kier molecular flexibility index (Phi) is 2.93. The van der Waals surface area contributed by atoms with E-state index < -0.39 is 11.3 Å². The molecule has 1 fully saturated rings. The van der Waals surface area contributed by atoms with Crippen molar-refractivity contribution in [2.75, 3.05) is 6.54 Å². The maximum Gasteiger partial charge on any atom is 0.156 e. The highest BCUT2D eigenvalue weighted by atomic mass is 16.1. The molecule has 3 heteroatoms. The van der Waals surface area contributed by atoms with Gasteiger partial charge in [0.15, 0.2) is 5.78 Å². The van der Waals surface area contributed by atoms with Gasteiger partial charge in [0.2, 0.25) is 0 Å². The lowest BCUT2D eigenvalue weighted by atomic mass is 9.69. The summed E-state index contributed by atoms with van der Waals surface area (Å²) in [6.45, 7) is 8.47. The molecule has 0 bridgehead atoms. The highest BCUT2D eigenvalue weighted by molar-refractivity contribution is 5.92. The van der Waals surface area contributed by atoms with Gasteiger partial charge < -0.3 is 5.73 Å². The van der Waals surface area contributed by atoms with Crippen LogP contribution in [0.5, 0.6) is 0 Å². The Morgan fingerprint density at radius 2 is 1.93 bits per heavy atom. The standard InChI is InChI=1S/C12H20N2O/c1-11(2)8(7-14)10(15)12(3,4)9(11)5-6-13/h8-9H,5-6,13H2,1-4H3/t8?,9-/m0/s1. The van der Waals surface area contributed by atoms with Crippen LogP contribution in [0.15, 0.2) is 0 Å². The van der Waals surface area contributed by atoms with Crippen LogP contribution in [0.25, 0.3) is 0 Å². The molecule has 0 heterocycles. The van der Waals surface area contributed by atoms with Crippen LogP contribution in [-0.2, 0) is 4.79 Å². The Morgan fingerprint density at radius 1 is 1.40 bits per heavy atom. The third-order valence-corrected chi connectivity index (χ3v) is 3.99. The van der Waals surface area contributed by atoms with Crippen molar-refractivity contribution in [1.82, 2.24) is 0 Å². The third-order valence-electron chi connectivity index (χ3n) is 3.99. The Balaban J connectivity index is 3.16. The number of Topliss-reactive ketones (excluding diaryl/α,β-unsaturated/α-hetero) is 1. The predicted molar refractivity (Wildman–Crippen MR) is 58.8 cm³/mol. The number of ketones is 1. The van der Waals surface area contributed by atoms with Gasteiger partial charge >= 0.3 is 0 Å². The van der Waals surface area contributed by atoms with Gasteiger partial charge in [-0.2, -0.15) is 5.26 Å². The van der Waals surface area contributed by atoms with Crippen molar-refractivity contribution in [3.05, 3.63) is 0 Å². The lowest BCUT2D eigenvalue weighted by Crippen LogP contribution is -2.32. The summed E-state index contributed by atoms with van der Waals surface area (Å²) in [5.41, 5.74) is 4.92. The van der Waals surface area contributed by atoms with E-state index >= 15 is 0 Å². The first kappa shape index (κ1) is 12.2. The first-order chi connectivity index (χ1) is 6.80. The zero-order chi connectivity index (χ0) is 11.9. The molecule has 0 aromatic carbocycles. The molecule has 0 spiro atoms. The average molecular weight is 208 g/mol. The van der Waals surface area contributed by atoms with E-state index in [0.29, 0.717) is 6.54 Å². The van der Waals surface area contributed by atoms with Gasteiger partial charge in [-0.15, -0.1) is 0 Å². The molecule has 0 aliphatic heterocycles. The number of carbonyl (C=O) groups excluding carboxylic acids is 1. The Morgan fingerprint density at radius 3 is 2.27 bits per heavy atom. The molecule has 0 saturated heterocycles. The summed E-state index contributed by atoms with van der Waals surface area (Å²) in [5, 5.41) is 9.09. The minimum absolute atomic E-state index is 0.0773. The maximum absolute atomic E-state index is 12.1. The van der Waals surface area contributed by atoms with Crippen LogP contribution >= 0.6 is 0 Å². The molecule has 1 aliphatic rings. The molecule has 2 atom stereocenters. The molecule has 0 aromatic heterocycles. The molecular formula is C12H20N2O. The zero-order valence-corrected chi connectivity index (χ0v) is 10.0. The van der Waals surface area contributed by atoms with E-state index in [9.17, 15) is 4.79 Å². The molecule has 2 N–H and O–H groups in total. The lowest BCUT2D eigenvalue weighted by molar-refractivity contribution is -0.127. The fourth-order valence-corrected chi connectivity index (χ4v) is 3.14. The van der Waals surface area contributed by atoms with Gasteiger partial charge in [-0.05, 0) is 24.3 Å². The highest BCUT2D eigenvalue weighted by Crippen LogP contribution is 2.55. The number of hydrogen-bond donors (Lipinski definition) is 1. The Bertz CT molecular complexity index is 312. The normalized spacial score (nSPS) is 32.7. The summed E-state index contributed by atoms with van der Waals surface area (Å²) in [6, 6.07) is 2.16. The average Bonchev–Trinajstić information content (AvgIpc) is 2.24. The molecule has 0 amide bonds. The number of nitrogens with two attached hydrogens (primary N) is 1. The molecule has 1 unspecified atom stereocenters. The molecular weight excluding hydrogens is 188 g/mol. The number of nitriles is 1. The summed E-state index contributed by atoms with van der Waals surface area (Å²) >= 11 is 0. The van der Waals surface area contributed by atoms with Crippen LogP contribution in [0.1, 0.15) is 34.1 Å². The SMILES string of the molecule is CC1(C)C(=O)C(C#N)C(C)(C)[C@@H]1CCN. The fourth-order valence-electron chi connectivity index (χ4n) is 3.14. The van der Waals surface area contributed by atoms with Crippen LogP contribution in [-0.4, -0.2) is 12.3 Å². The molecule has 1 rings (SSSR count). The minimum Gasteiger partial charge on any atom is -0.330 e. The number of carbonyl (C=O) groups is 1. The molecule has 0 aromatic rings. The number of nitrogens with zero attached hydrogens (tertiary/aromatic N) is 1. The minimum atomic E-state index is -0.482. The predicted octanol–water partition coefficient (Wildman–Crippen LogP) is 1.73. The van der Waals surface area contributed by atoms with Crippen LogP contribution in [0.4, 0.5) is 0 Å². The largest absolute Gasteiger partial charge is 0.330 e. The van der Waals surface area contributed by atoms with E-state index in [-0.39, 0.29) is 17.1 Å². The monoisotopic (exact) mass is 208 g/mol. The molecule has 84 valence electrons. The third kappa shape index (κ3) is 1.57. The van der Waals surface area contributed by atoms with Crippen LogP contribution in [0.3, 0.4) is 0 Å². The van der Waals surface area contributed by atoms with Gasteiger partial charge in [-0.3, -0.25) is 4.79 Å². The van der Waals surface area contributed by atoms with E-state index in [1.54, 1.807) is 0 Å². The van der Waals surface area contributed by atoms with Crippen LogP contribution in [0.2, 0.25) is 0 Å². The van der Waals surface area contributed by atoms with Crippen molar-refractivity contribution in [3.63, 3.8) is 0 Å². The van der Waals surface area contributed by atoms with Crippen molar-refractivity contribution >= 4 is 5.78 Å². The molecule has 0 radical (unpaired) electrons. The van der Waals surface area contributed by atoms with Crippen LogP contribution in [0, 0.1) is 34.0 Å². The first-order valence-electron chi connectivity index (χ1n) is 5.44. The van der Waals surface area contributed by atoms with Gasteiger partial charge in [-0.25, -0.2) is 0 Å². The van der Waals surface area contributed by atoms with Gasteiger partial charge in [0.05, 0.1) is 6.07 Å². The first-order valence-corrected chi connectivity index (χ1v) is 5.44. The topological polar surface area (TPSA) is 66.9 Å². The van der Waals surface area contributed by atoms with Crippen molar-refractivity contribution in [2.45, 2.75) is 34.1 Å². The van der Waals surface area contributed by atoms with Gasteiger partial charge in [0.1, 0.15) is 5.92 Å². The van der Waals surface area contributed by atoms with Crippen molar-refractivity contribution in [3.8, 4) is 6.07 Å². The second kappa shape index (κ2) is 3.61. The van der Waals surface area contributed by atoms with Gasteiger partial charge in [0, 0.05) is 5.41 Å². The van der Waals surface area contributed by atoms with Crippen molar-refractivity contribution < 1.29 is 4.79 Å². The van der Waals surface area contributed by atoms with Crippen molar-refractivity contribution in [1.29, 1.82) is 5.26 Å². The van der Waals surface area contributed by atoms with Crippen molar-refractivity contribution in [2.24, 2.45) is 28.4 Å². The quantitative estimate of drug-likeness (QED) is 0.751. The molecule has 1 aliphatic carbocycles. The summed E-state index contributed by atoms with van der Waals surface area (Å²) in [6.07, 6.45) is 0.809. The second-order valence-corrected chi connectivity index (χ2v) is 5.60. The second-order valence-electron chi connectivity index (χ2n) is 5.60. The Hall–Kier alpha value is -0.880. The van der Waals surface area contributed by atoms with Gasteiger partial charge in [0.25, 0.3) is 0 Å². The molecule has 15 heavy (non-hydrogen) atoms. The highest BCUT2D eigenvalue weighted by Gasteiger charge is 2.59. The molecule has 3 nitrogen and oxygen atoms in total. The lowest BCUT2D eigenvalue weighted by Gasteiger charge is -2.34. The van der Waals surface area contributed by atoms with E-state index in [2.05, 4.69) is 6.07 Å². The summed E-state index contributed by atoms with van der Waals surface area (Å²) in [4.78, 5) is 12.1. The van der Waals surface area contributed by atoms with E-state index in [1.807, 2.05) is 27.7 Å². The number of hydrogen-bond acceptors (Lipinski definition) is 3. The van der Waals surface area contributed by atoms with E-state index in [0.717, 1.165) is 6.42 Å². The molecule has 1 saturated carbocycles. The van der Waals surface area contributed by atoms with Gasteiger partial charge in [-0.1, -0.05) is 27.7 Å². The smallest absolute Gasteiger partial charge is 0.156 e. The fraction of sp³-hybridized carbons (Fsp3) is 0.833.